The topological polar surface area (TPSA) is 37.3 Å². The van der Waals surface area contributed by atoms with Crippen LogP contribution in [0.2, 0.25) is 0 Å². The van der Waals surface area contributed by atoms with Gasteiger partial charge >= 0.3 is 0 Å². The molecular formula is C33H36BrO2P. The molecule has 2 nitrogen and oxygen atoms in total. The van der Waals surface area contributed by atoms with Crippen molar-refractivity contribution < 1.29 is 26.9 Å². The Morgan fingerprint density at radius 2 is 1.32 bits per heavy atom. The van der Waals surface area contributed by atoms with E-state index in [0.717, 1.165) is 17.3 Å². The van der Waals surface area contributed by atoms with Gasteiger partial charge in [-0.25, -0.2) is 0 Å². The smallest absolute Gasteiger partial charge is 0.187 e. The summed E-state index contributed by atoms with van der Waals surface area (Å²) in [6.07, 6.45) is 7.01. The van der Waals surface area contributed by atoms with Crippen LogP contribution in [0.1, 0.15) is 34.1 Å². The first kappa shape index (κ1) is 29.0. The van der Waals surface area contributed by atoms with Crippen LogP contribution in [0.25, 0.3) is 0 Å². The van der Waals surface area contributed by atoms with Gasteiger partial charge in [0.25, 0.3) is 0 Å². The average Bonchev–Trinajstić information content (AvgIpc) is 2.89. The molecule has 3 aromatic carbocycles. The highest BCUT2D eigenvalue weighted by Crippen LogP contribution is 2.55. The Balaban J connectivity index is 0.00000380. The number of aliphatic hydroxyl groups excluding tert-OH is 1. The minimum absolute atomic E-state index is 0. The monoisotopic (exact) mass is 574 g/mol. The fraction of sp³-hybridized carbons (Fsp3) is 0.242. The lowest BCUT2D eigenvalue weighted by atomic mass is 9.71. The van der Waals surface area contributed by atoms with E-state index in [1.807, 2.05) is 6.92 Å². The quantitative estimate of drug-likeness (QED) is 0.348. The molecule has 4 rings (SSSR count). The number of hydrogen-bond donors (Lipinski definition) is 1. The predicted octanol–water partition coefficient (Wildman–Crippen LogP) is 3.16. The summed E-state index contributed by atoms with van der Waals surface area (Å²) in [6, 6.07) is 32.7. The zero-order valence-corrected chi connectivity index (χ0v) is 24.5. The van der Waals surface area contributed by atoms with E-state index in [4.69, 9.17) is 0 Å². The molecule has 0 radical (unpaired) electrons. The third-order valence-electron chi connectivity index (χ3n) is 7.30. The number of rotatable bonds is 7. The van der Waals surface area contributed by atoms with Crippen LogP contribution >= 0.6 is 7.26 Å². The van der Waals surface area contributed by atoms with E-state index in [0.29, 0.717) is 12.0 Å². The molecule has 0 saturated carbocycles. The summed E-state index contributed by atoms with van der Waals surface area (Å²) in [5.41, 5.74) is 2.60. The number of halogens is 1. The van der Waals surface area contributed by atoms with Gasteiger partial charge in [-0.3, -0.25) is 4.79 Å². The number of hydrogen-bond acceptors (Lipinski definition) is 2. The van der Waals surface area contributed by atoms with Crippen LogP contribution in [0.15, 0.2) is 126 Å². The molecule has 3 aromatic rings. The molecule has 37 heavy (non-hydrogen) atoms. The Kier molecular flexibility index (Phi) is 9.64. The number of ketones is 1. The van der Waals surface area contributed by atoms with Gasteiger partial charge in [0.15, 0.2) is 5.78 Å². The summed E-state index contributed by atoms with van der Waals surface area (Å²) in [7, 11) is -1.93. The molecule has 0 fully saturated rings. The van der Waals surface area contributed by atoms with Crippen LogP contribution in [0.4, 0.5) is 0 Å². The zero-order valence-electron chi connectivity index (χ0n) is 22.1. The van der Waals surface area contributed by atoms with Gasteiger partial charge in [0, 0.05) is 0 Å². The highest BCUT2D eigenvalue weighted by molar-refractivity contribution is 7.95. The maximum Gasteiger partial charge on any atom is 0.187 e. The van der Waals surface area contributed by atoms with Crippen molar-refractivity contribution >= 4 is 29.0 Å². The van der Waals surface area contributed by atoms with Crippen LogP contribution in [-0.2, 0) is 4.79 Å². The molecule has 4 heteroatoms. The summed E-state index contributed by atoms with van der Waals surface area (Å²) < 4.78 is 0. The molecule has 192 valence electrons. The van der Waals surface area contributed by atoms with Crippen molar-refractivity contribution in [2.24, 2.45) is 5.41 Å². The average molecular weight is 576 g/mol. The van der Waals surface area contributed by atoms with Gasteiger partial charge < -0.3 is 22.1 Å². The van der Waals surface area contributed by atoms with Crippen LogP contribution in [0.5, 0.6) is 0 Å². The van der Waals surface area contributed by atoms with E-state index < -0.39 is 13.4 Å². The molecule has 1 unspecified atom stereocenters. The molecule has 0 spiro atoms. The van der Waals surface area contributed by atoms with Crippen molar-refractivity contribution in [3.63, 3.8) is 0 Å². The van der Waals surface area contributed by atoms with E-state index in [9.17, 15) is 9.90 Å². The van der Waals surface area contributed by atoms with Gasteiger partial charge in [0.2, 0.25) is 0 Å². The second-order valence-electron chi connectivity index (χ2n) is 10.3. The Bertz CT molecular complexity index is 1200. The Morgan fingerprint density at radius 3 is 1.76 bits per heavy atom. The third kappa shape index (κ3) is 6.12. The van der Waals surface area contributed by atoms with E-state index in [2.05, 4.69) is 130 Å². The Morgan fingerprint density at radius 1 is 0.892 bits per heavy atom. The van der Waals surface area contributed by atoms with Gasteiger partial charge in [-0.1, -0.05) is 86.2 Å². The lowest BCUT2D eigenvalue weighted by molar-refractivity contribution is -0.125. The number of allylic oxidation sites excluding steroid dienone is 5. The lowest BCUT2D eigenvalue weighted by Gasteiger charge is -2.34. The zero-order chi connectivity index (χ0) is 25.8. The summed E-state index contributed by atoms with van der Waals surface area (Å²) in [5.74, 6) is -0.155. The molecular weight excluding hydrogens is 539 g/mol. The highest BCUT2D eigenvalue weighted by atomic mass is 79.9. The summed E-state index contributed by atoms with van der Waals surface area (Å²) in [6.45, 7) is 8.17. The molecule has 1 aliphatic rings. The Labute approximate surface area is 232 Å². The molecule has 1 N–H and O–H groups in total. The first-order valence-corrected chi connectivity index (χ1v) is 14.6. The number of aliphatic hydroxyl groups is 1. The maximum absolute atomic E-state index is 12.4. The van der Waals surface area contributed by atoms with Crippen molar-refractivity contribution in [2.45, 2.75) is 40.2 Å². The number of Topliss-reactive ketones (excluding diaryl/α,β-unsaturated/α-hetero) is 1. The second kappa shape index (κ2) is 12.3. The second-order valence-corrected chi connectivity index (χ2v) is 13.8. The van der Waals surface area contributed by atoms with E-state index in [1.54, 1.807) is 0 Å². The Hall–Kier alpha value is -2.58. The standard InChI is InChI=1S/C33H36O2P.BrH/c1-25(20-21-30-26(2)32(35)31(34)24-33(30,3)4)22-23-36(27-14-8-5-9-15-27,28-16-10-6-11-17-28)29-18-12-7-13-19-29;/h5-22,31,34H,23-24H2,1-4H3;1H/q+1;/p-1/b21-20+,25-22+;. The van der Waals surface area contributed by atoms with Crippen molar-refractivity contribution in [2.75, 3.05) is 6.16 Å². The van der Waals surface area contributed by atoms with Crippen LogP contribution in [-0.4, -0.2) is 23.2 Å². The molecule has 0 heterocycles. The summed E-state index contributed by atoms with van der Waals surface area (Å²) in [5, 5.41) is 14.3. The first-order valence-electron chi connectivity index (χ1n) is 12.6. The predicted molar refractivity (Wildman–Crippen MR) is 155 cm³/mol. The van der Waals surface area contributed by atoms with Gasteiger partial charge in [-0.2, -0.15) is 0 Å². The van der Waals surface area contributed by atoms with Gasteiger partial charge in [-0.05, 0) is 79.3 Å². The van der Waals surface area contributed by atoms with Crippen molar-refractivity contribution in [1.29, 1.82) is 0 Å². The fourth-order valence-corrected chi connectivity index (χ4v) is 9.43. The molecule has 0 bridgehead atoms. The molecule has 1 atom stereocenters. The summed E-state index contributed by atoms with van der Waals surface area (Å²) >= 11 is 0. The minimum atomic E-state index is -1.93. The molecule has 0 amide bonds. The molecule has 0 aromatic heterocycles. The van der Waals surface area contributed by atoms with Crippen molar-refractivity contribution in [3.05, 3.63) is 126 Å². The highest BCUT2D eigenvalue weighted by Gasteiger charge is 2.44. The SMILES string of the molecule is CC1=C(/C=C/C(C)=C/C[P+](c2ccccc2)(c2ccccc2)c2ccccc2)C(C)(C)CC(O)C1=O.[Br-]. The van der Waals surface area contributed by atoms with Gasteiger partial charge in [0.1, 0.15) is 29.3 Å². The van der Waals surface area contributed by atoms with E-state index >= 15 is 0 Å². The molecule has 0 aliphatic heterocycles. The normalized spacial score (nSPS) is 18.1. The van der Waals surface area contributed by atoms with Gasteiger partial charge in [0.05, 0.1) is 6.16 Å². The van der Waals surface area contributed by atoms with E-state index in [1.165, 1.54) is 15.9 Å². The first-order chi connectivity index (χ1) is 17.3. The lowest BCUT2D eigenvalue weighted by Crippen LogP contribution is -3.00. The van der Waals surface area contributed by atoms with Crippen molar-refractivity contribution in [1.82, 2.24) is 0 Å². The fourth-order valence-electron chi connectivity index (χ4n) is 5.30. The summed E-state index contributed by atoms with van der Waals surface area (Å²) in [4.78, 5) is 12.4. The largest absolute Gasteiger partial charge is 1.00 e. The molecule has 1 aliphatic carbocycles. The number of carbonyl (C=O) groups is 1. The van der Waals surface area contributed by atoms with Crippen LogP contribution < -0.4 is 32.9 Å². The molecule has 0 saturated heterocycles. The van der Waals surface area contributed by atoms with Gasteiger partial charge in [-0.15, -0.1) is 0 Å². The minimum Gasteiger partial charge on any atom is -1.00 e. The van der Waals surface area contributed by atoms with E-state index in [-0.39, 0.29) is 28.2 Å². The number of benzene rings is 3. The van der Waals surface area contributed by atoms with Crippen LogP contribution in [0, 0.1) is 5.41 Å². The van der Waals surface area contributed by atoms with Crippen molar-refractivity contribution in [3.8, 4) is 0 Å². The third-order valence-corrected chi connectivity index (χ3v) is 11.6. The maximum atomic E-state index is 12.4. The number of carbonyl (C=O) groups excluding carboxylic acids is 1. The van der Waals surface area contributed by atoms with Crippen LogP contribution in [0.3, 0.4) is 0 Å².